The maximum absolute atomic E-state index is 9.48. The molecule has 3 rings (SSSR count). The summed E-state index contributed by atoms with van der Waals surface area (Å²) in [7, 11) is 1.61. The van der Waals surface area contributed by atoms with Crippen LogP contribution in [0.1, 0.15) is 18.1 Å². The van der Waals surface area contributed by atoms with Crippen LogP contribution in [0.2, 0.25) is 0 Å². The van der Waals surface area contributed by atoms with Crippen LogP contribution in [-0.2, 0) is 6.42 Å². The fourth-order valence-corrected chi connectivity index (χ4v) is 4.00. The molecule has 29 heavy (non-hydrogen) atoms. The predicted octanol–water partition coefficient (Wildman–Crippen LogP) is 5.49. The average molecular weight is 400 g/mol. The van der Waals surface area contributed by atoms with Gasteiger partial charge in [0.15, 0.2) is 0 Å². The van der Waals surface area contributed by atoms with Gasteiger partial charge < -0.3 is 9.64 Å². The van der Waals surface area contributed by atoms with Crippen LogP contribution >= 0.6 is 11.8 Å². The normalized spacial score (nSPS) is 14.1. The second-order valence-corrected chi connectivity index (χ2v) is 7.76. The van der Waals surface area contributed by atoms with Gasteiger partial charge in [-0.25, -0.2) is 0 Å². The molecule has 0 fully saturated rings. The molecule has 0 bridgehead atoms. The van der Waals surface area contributed by atoms with E-state index >= 15 is 0 Å². The zero-order chi connectivity index (χ0) is 20.6. The molecule has 1 heterocycles. The highest BCUT2D eigenvalue weighted by atomic mass is 32.2. The molecule has 2 aromatic carbocycles. The summed E-state index contributed by atoms with van der Waals surface area (Å²) in [6.07, 6.45) is 4.96. The Kier molecular flexibility index (Phi) is 6.79. The monoisotopic (exact) mass is 399 g/mol. The molecule has 144 valence electrons. The molecule has 0 atom stereocenters. The van der Waals surface area contributed by atoms with E-state index in [9.17, 15) is 10.5 Å². The van der Waals surface area contributed by atoms with Gasteiger partial charge in [-0.1, -0.05) is 54.2 Å². The molecule has 1 aliphatic heterocycles. The number of thioether (sulfide) groups is 1. The van der Waals surface area contributed by atoms with E-state index in [1.807, 2.05) is 60.7 Å². The molecule has 5 heteroatoms. The highest BCUT2D eigenvalue weighted by Gasteiger charge is 2.19. The molecule has 0 aliphatic carbocycles. The van der Waals surface area contributed by atoms with Crippen molar-refractivity contribution in [3.05, 3.63) is 93.5 Å². The summed E-state index contributed by atoms with van der Waals surface area (Å²) in [6.45, 7) is 2.89. The van der Waals surface area contributed by atoms with Crippen molar-refractivity contribution < 1.29 is 4.74 Å². The average Bonchev–Trinajstić information content (AvgIpc) is 3.12. The molecule has 1 aliphatic rings. The Hall–Kier alpha value is -3.41. The first-order valence-corrected chi connectivity index (χ1v) is 10.0. The summed E-state index contributed by atoms with van der Waals surface area (Å²) in [6, 6.07) is 21.8. The molecule has 4 nitrogen and oxygen atoms in total. The van der Waals surface area contributed by atoms with E-state index in [4.69, 9.17) is 4.74 Å². The molecule has 0 saturated heterocycles. The van der Waals surface area contributed by atoms with Crippen LogP contribution in [0.4, 0.5) is 0 Å². The van der Waals surface area contributed by atoms with E-state index < -0.39 is 0 Å². The molecular formula is C24H21N3OS. The van der Waals surface area contributed by atoms with E-state index in [0.29, 0.717) is 5.57 Å². The van der Waals surface area contributed by atoms with Crippen LogP contribution in [0.3, 0.4) is 0 Å². The lowest BCUT2D eigenvalue weighted by Crippen LogP contribution is -2.15. The Bertz CT molecular complexity index is 1020. The van der Waals surface area contributed by atoms with E-state index in [0.717, 1.165) is 29.3 Å². The standard InChI is InChI=1S/C24H21N3OS/c1-18-17-27(13-12-19-6-4-3-5-7-19)24(29-18)14-23(21(15-25)16-26)20-8-10-22(28-2)11-9-20/h3-11,14,17H,12-13H2,1-2H3/b24-14-. The Balaban J connectivity index is 1.92. The van der Waals surface area contributed by atoms with Crippen molar-refractivity contribution in [1.29, 1.82) is 10.5 Å². The molecule has 0 N–H and O–H groups in total. The quantitative estimate of drug-likeness (QED) is 0.601. The molecule has 0 aromatic heterocycles. The van der Waals surface area contributed by atoms with E-state index in [-0.39, 0.29) is 5.57 Å². The Labute approximate surface area is 176 Å². The summed E-state index contributed by atoms with van der Waals surface area (Å²) in [5, 5.41) is 20.0. The van der Waals surface area contributed by atoms with Crippen LogP contribution in [-0.4, -0.2) is 18.6 Å². The first-order valence-electron chi connectivity index (χ1n) is 9.22. The summed E-state index contributed by atoms with van der Waals surface area (Å²) >= 11 is 1.65. The minimum atomic E-state index is 0.0934. The van der Waals surface area contributed by atoms with Crippen LogP contribution in [0, 0.1) is 22.7 Å². The first kappa shape index (κ1) is 20.3. The Morgan fingerprint density at radius 2 is 1.76 bits per heavy atom. The Morgan fingerprint density at radius 1 is 1.07 bits per heavy atom. The molecule has 2 aromatic rings. The van der Waals surface area contributed by atoms with Crippen molar-refractivity contribution in [2.45, 2.75) is 13.3 Å². The van der Waals surface area contributed by atoms with Gasteiger partial charge in [0.1, 0.15) is 23.5 Å². The van der Waals surface area contributed by atoms with Crippen molar-refractivity contribution in [2.75, 3.05) is 13.7 Å². The lowest BCUT2D eigenvalue weighted by atomic mass is 10.0. The minimum Gasteiger partial charge on any atom is -0.497 e. The molecular weight excluding hydrogens is 378 g/mol. The number of methoxy groups -OCH3 is 1. The van der Waals surface area contributed by atoms with Gasteiger partial charge in [-0.05, 0) is 42.7 Å². The number of benzene rings is 2. The van der Waals surface area contributed by atoms with Crippen LogP contribution < -0.4 is 4.74 Å². The largest absolute Gasteiger partial charge is 0.497 e. The number of hydrogen-bond donors (Lipinski definition) is 0. The smallest absolute Gasteiger partial charge is 0.137 e. The lowest BCUT2D eigenvalue weighted by Gasteiger charge is -2.18. The van der Waals surface area contributed by atoms with Crippen LogP contribution in [0.5, 0.6) is 5.75 Å². The third-order valence-corrected chi connectivity index (χ3v) is 5.52. The van der Waals surface area contributed by atoms with Gasteiger partial charge in [0.05, 0.1) is 12.1 Å². The fraction of sp³-hybridized carbons (Fsp3) is 0.167. The van der Waals surface area contributed by atoms with Crippen molar-refractivity contribution in [3.8, 4) is 17.9 Å². The van der Waals surface area contributed by atoms with Gasteiger partial charge in [0.25, 0.3) is 0 Å². The van der Waals surface area contributed by atoms with E-state index in [1.54, 1.807) is 18.9 Å². The third-order valence-electron chi connectivity index (χ3n) is 4.53. The van der Waals surface area contributed by atoms with Crippen LogP contribution in [0.25, 0.3) is 5.57 Å². The van der Waals surface area contributed by atoms with E-state index in [1.165, 1.54) is 10.5 Å². The highest BCUT2D eigenvalue weighted by Crippen LogP contribution is 2.38. The second-order valence-electron chi connectivity index (χ2n) is 6.49. The van der Waals surface area contributed by atoms with Gasteiger partial charge in [0, 0.05) is 23.2 Å². The molecule has 0 radical (unpaired) electrons. The fourth-order valence-electron chi connectivity index (χ4n) is 3.05. The predicted molar refractivity (Wildman–Crippen MR) is 117 cm³/mol. The van der Waals surface area contributed by atoms with Gasteiger partial charge >= 0.3 is 0 Å². The summed E-state index contributed by atoms with van der Waals surface area (Å²) < 4.78 is 5.22. The summed E-state index contributed by atoms with van der Waals surface area (Å²) in [4.78, 5) is 3.36. The molecule has 0 unspecified atom stereocenters. The first-order chi connectivity index (χ1) is 14.1. The maximum Gasteiger partial charge on any atom is 0.137 e. The third kappa shape index (κ3) is 5.10. The zero-order valence-corrected chi connectivity index (χ0v) is 17.2. The number of ether oxygens (including phenoxy) is 1. The maximum atomic E-state index is 9.48. The van der Waals surface area contributed by atoms with Gasteiger partial charge in [-0.15, -0.1) is 0 Å². The number of rotatable bonds is 6. The molecule has 0 saturated carbocycles. The van der Waals surface area contributed by atoms with Crippen molar-refractivity contribution in [1.82, 2.24) is 4.90 Å². The lowest BCUT2D eigenvalue weighted by molar-refractivity contribution is 0.415. The topological polar surface area (TPSA) is 60.0 Å². The molecule has 0 amide bonds. The summed E-state index contributed by atoms with van der Waals surface area (Å²) in [5.41, 5.74) is 2.80. The SMILES string of the molecule is COc1ccc(C(/C=C2\SC(C)=CN2CCc2ccccc2)=C(C#N)C#N)cc1. The number of nitrogens with zero attached hydrogens (tertiary/aromatic N) is 3. The number of allylic oxidation sites excluding steroid dienone is 4. The van der Waals surface area contributed by atoms with Gasteiger partial charge in [-0.2, -0.15) is 10.5 Å². The number of nitriles is 2. The van der Waals surface area contributed by atoms with Gasteiger partial charge in [0.2, 0.25) is 0 Å². The van der Waals surface area contributed by atoms with Crippen molar-refractivity contribution in [3.63, 3.8) is 0 Å². The van der Waals surface area contributed by atoms with Crippen molar-refractivity contribution in [2.24, 2.45) is 0 Å². The zero-order valence-electron chi connectivity index (χ0n) is 16.4. The van der Waals surface area contributed by atoms with Crippen LogP contribution in [0.15, 0.2) is 82.4 Å². The van der Waals surface area contributed by atoms with E-state index in [2.05, 4.69) is 30.2 Å². The van der Waals surface area contributed by atoms with Crippen molar-refractivity contribution >= 4 is 17.3 Å². The number of hydrogen-bond acceptors (Lipinski definition) is 5. The second kappa shape index (κ2) is 9.68. The molecule has 0 spiro atoms. The highest BCUT2D eigenvalue weighted by molar-refractivity contribution is 8.06. The Morgan fingerprint density at radius 3 is 2.38 bits per heavy atom. The summed E-state index contributed by atoms with van der Waals surface area (Å²) in [5.74, 6) is 0.730. The van der Waals surface area contributed by atoms with Gasteiger partial charge in [-0.3, -0.25) is 0 Å². The minimum absolute atomic E-state index is 0.0934.